The average Bonchev–Trinajstić information content (AvgIpc) is 3.42. The van der Waals surface area contributed by atoms with E-state index in [0.717, 1.165) is 15.4 Å². The average molecular weight is 605 g/mol. The molecule has 0 unspecified atom stereocenters. The summed E-state index contributed by atoms with van der Waals surface area (Å²) in [6.07, 6.45) is 1.52. The van der Waals surface area contributed by atoms with Gasteiger partial charge in [0.1, 0.15) is 12.2 Å². The fourth-order valence-corrected chi connectivity index (χ4v) is 4.87. The van der Waals surface area contributed by atoms with Gasteiger partial charge in [-0.25, -0.2) is 4.98 Å². The Morgan fingerprint density at radius 2 is 1.88 bits per heavy atom. The summed E-state index contributed by atoms with van der Waals surface area (Å²) in [6.45, 7) is 0.141. The largest absolute Gasteiger partial charge is 0.493 e. The molecule has 0 amide bonds. The number of methoxy groups -OCH3 is 1. The highest BCUT2D eigenvalue weighted by molar-refractivity contribution is 9.10. The van der Waals surface area contributed by atoms with Crippen LogP contribution >= 0.6 is 15.9 Å². The van der Waals surface area contributed by atoms with E-state index in [9.17, 15) is 10.1 Å². The van der Waals surface area contributed by atoms with Gasteiger partial charge in [0.15, 0.2) is 17.3 Å². The SMILES string of the molecule is COc1cccc(C=Nn2c(-c3cc4cc(Br)ccc4o3)nc3ccccc3c2=O)c1OCc1ccccc1C#N. The molecule has 0 aliphatic rings. The van der Waals surface area contributed by atoms with E-state index in [1.165, 1.54) is 10.9 Å². The predicted molar refractivity (Wildman–Crippen MR) is 160 cm³/mol. The predicted octanol–water partition coefficient (Wildman–Crippen LogP) is 6.91. The molecule has 0 saturated carbocycles. The van der Waals surface area contributed by atoms with Gasteiger partial charge in [0, 0.05) is 21.0 Å². The number of ether oxygens (including phenoxy) is 2. The lowest BCUT2D eigenvalue weighted by Crippen LogP contribution is -2.20. The molecule has 41 heavy (non-hydrogen) atoms. The van der Waals surface area contributed by atoms with Crippen molar-refractivity contribution >= 4 is 44.0 Å². The van der Waals surface area contributed by atoms with Crippen molar-refractivity contribution in [3.63, 3.8) is 0 Å². The van der Waals surface area contributed by atoms with E-state index < -0.39 is 0 Å². The van der Waals surface area contributed by atoms with Crippen LogP contribution in [0.25, 0.3) is 33.5 Å². The Morgan fingerprint density at radius 3 is 2.73 bits per heavy atom. The second kappa shape index (κ2) is 11.1. The maximum absolute atomic E-state index is 13.7. The Morgan fingerprint density at radius 1 is 1.05 bits per heavy atom. The van der Waals surface area contributed by atoms with Gasteiger partial charge in [-0.2, -0.15) is 15.0 Å². The zero-order valence-electron chi connectivity index (χ0n) is 21.7. The van der Waals surface area contributed by atoms with Gasteiger partial charge in [-0.05, 0) is 54.6 Å². The van der Waals surface area contributed by atoms with E-state index in [-0.39, 0.29) is 18.0 Å². The van der Waals surface area contributed by atoms with Crippen molar-refractivity contribution in [2.45, 2.75) is 6.61 Å². The molecule has 2 heterocycles. The number of furan rings is 1. The number of hydrogen-bond donors (Lipinski definition) is 0. The van der Waals surface area contributed by atoms with Gasteiger partial charge < -0.3 is 13.9 Å². The summed E-state index contributed by atoms with van der Waals surface area (Å²) in [6, 6.07) is 29.4. The Bertz CT molecular complexity index is 2060. The molecule has 0 spiro atoms. The molecule has 6 rings (SSSR count). The number of aromatic nitrogens is 2. The number of halogens is 1. The molecule has 0 aliphatic carbocycles. The van der Waals surface area contributed by atoms with Crippen LogP contribution < -0.4 is 15.0 Å². The summed E-state index contributed by atoms with van der Waals surface area (Å²) in [4.78, 5) is 18.4. The Hall–Kier alpha value is -5.20. The molecule has 8 nitrogen and oxygen atoms in total. The highest BCUT2D eigenvalue weighted by atomic mass is 79.9. The number of hydrogen-bond acceptors (Lipinski definition) is 7. The molecule has 6 aromatic rings. The first-order valence-electron chi connectivity index (χ1n) is 12.6. The second-order valence-electron chi connectivity index (χ2n) is 9.04. The lowest BCUT2D eigenvalue weighted by atomic mass is 10.1. The second-order valence-corrected chi connectivity index (χ2v) is 9.96. The van der Waals surface area contributed by atoms with Crippen LogP contribution in [0.4, 0.5) is 0 Å². The standard InChI is InChI=1S/C32H21BrN4O4/c1-39-28-12-6-9-21(30(28)40-19-22-8-3-2-7-20(22)17-34)18-35-37-31(36-26-11-5-4-10-25(26)32(37)38)29-16-23-15-24(33)13-14-27(23)41-29/h2-16,18H,19H2,1H3. The first-order valence-corrected chi connectivity index (χ1v) is 13.4. The van der Waals surface area contributed by atoms with Crippen LogP contribution in [0.2, 0.25) is 0 Å². The minimum atomic E-state index is -0.350. The van der Waals surface area contributed by atoms with Gasteiger partial charge in [-0.3, -0.25) is 4.79 Å². The summed E-state index contributed by atoms with van der Waals surface area (Å²) in [7, 11) is 1.54. The van der Waals surface area contributed by atoms with Crippen LogP contribution in [0.5, 0.6) is 11.5 Å². The van der Waals surface area contributed by atoms with Gasteiger partial charge in [-0.1, -0.05) is 52.3 Å². The van der Waals surface area contributed by atoms with Crippen LogP contribution in [0.15, 0.2) is 110 Å². The van der Waals surface area contributed by atoms with Crippen LogP contribution in [-0.4, -0.2) is 23.0 Å². The summed E-state index contributed by atoms with van der Waals surface area (Å²) >= 11 is 3.49. The van der Waals surface area contributed by atoms with Crippen molar-refractivity contribution in [1.29, 1.82) is 5.26 Å². The van der Waals surface area contributed by atoms with Gasteiger partial charge in [0.25, 0.3) is 5.56 Å². The lowest BCUT2D eigenvalue weighted by Gasteiger charge is -2.14. The fraction of sp³-hybridized carbons (Fsp3) is 0.0625. The van der Waals surface area contributed by atoms with Crippen LogP contribution in [0.3, 0.4) is 0 Å². The lowest BCUT2D eigenvalue weighted by molar-refractivity contribution is 0.284. The topological polar surface area (TPSA) is 103 Å². The highest BCUT2D eigenvalue weighted by Crippen LogP contribution is 2.32. The molecular formula is C32H21BrN4O4. The van der Waals surface area contributed by atoms with Crippen molar-refractivity contribution in [3.05, 3.63) is 123 Å². The van der Waals surface area contributed by atoms with Crippen molar-refractivity contribution in [2.24, 2.45) is 5.10 Å². The summed E-state index contributed by atoms with van der Waals surface area (Å²) in [5.74, 6) is 1.55. The third-order valence-electron chi connectivity index (χ3n) is 6.50. The molecule has 0 aliphatic heterocycles. The monoisotopic (exact) mass is 604 g/mol. The third-order valence-corrected chi connectivity index (χ3v) is 7.00. The Kier molecular flexibility index (Phi) is 7.06. The maximum Gasteiger partial charge on any atom is 0.282 e. The first-order chi connectivity index (χ1) is 20.1. The number of benzene rings is 4. The third kappa shape index (κ3) is 5.09. The molecule has 0 fully saturated rings. The van der Waals surface area contributed by atoms with E-state index in [2.05, 4.69) is 27.1 Å². The summed E-state index contributed by atoms with van der Waals surface area (Å²) in [5.41, 5.74) is 2.66. The molecule has 2 aromatic heterocycles. The summed E-state index contributed by atoms with van der Waals surface area (Å²) in [5, 5.41) is 15.3. The molecule has 0 radical (unpaired) electrons. The molecule has 0 N–H and O–H groups in total. The number of para-hydroxylation sites is 2. The minimum Gasteiger partial charge on any atom is -0.493 e. The zero-order chi connectivity index (χ0) is 28.3. The molecule has 0 saturated heterocycles. The van der Waals surface area contributed by atoms with E-state index in [0.29, 0.717) is 44.9 Å². The quantitative estimate of drug-likeness (QED) is 0.183. The highest BCUT2D eigenvalue weighted by Gasteiger charge is 2.17. The zero-order valence-corrected chi connectivity index (χ0v) is 23.3. The smallest absolute Gasteiger partial charge is 0.282 e. The number of fused-ring (bicyclic) bond motifs is 2. The number of nitrogens with zero attached hydrogens (tertiary/aromatic N) is 4. The molecule has 200 valence electrons. The fourth-order valence-electron chi connectivity index (χ4n) is 4.49. The van der Waals surface area contributed by atoms with Crippen molar-refractivity contribution in [2.75, 3.05) is 7.11 Å². The van der Waals surface area contributed by atoms with Gasteiger partial charge in [0.2, 0.25) is 5.82 Å². The normalized spacial score (nSPS) is 11.2. The minimum absolute atomic E-state index is 0.141. The Labute approximate surface area is 242 Å². The van der Waals surface area contributed by atoms with E-state index in [1.807, 2.05) is 42.5 Å². The molecule has 0 bridgehead atoms. The molecule has 4 aromatic carbocycles. The van der Waals surface area contributed by atoms with E-state index in [1.54, 1.807) is 55.6 Å². The van der Waals surface area contributed by atoms with Gasteiger partial charge in [0.05, 0.1) is 35.9 Å². The van der Waals surface area contributed by atoms with Crippen LogP contribution in [-0.2, 0) is 6.61 Å². The van der Waals surface area contributed by atoms with Crippen LogP contribution in [0, 0.1) is 11.3 Å². The molecular weight excluding hydrogens is 584 g/mol. The van der Waals surface area contributed by atoms with Gasteiger partial charge in [-0.15, -0.1) is 0 Å². The van der Waals surface area contributed by atoms with Crippen molar-refractivity contribution in [3.8, 4) is 29.2 Å². The molecule has 0 atom stereocenters. The van der Waals surface area contributed by atoms with Gasteiger partial charge >= 0.3 is 0 Å². The van der Waals surface area contributed by atoms with E-state index in [4.69, 9.17) is 18.9 Å². The first kappa shape index (κ1) is 26.0. The maximum atomic E-state index is 13.7. The van der Waals surface area contributed by atoms with Crippen molar-refractivity contribution in [1.82, 2.24) is 9.66 Å². The number of nitriles is 1. The number of rotatable bonds is 7. The van der Waals surface area contributed by atoms with E-state index >= 15 is 0 Å². The van der Waals surface area contributed by atoms with Crippen LogP contribution in [0.1, 0.15) is 16.7 Å². The Balaban J connectivity index is 1.46. The molecule has 9 heteroatoms. The van der Waals surface area contributed by atoms with Crippen molar-refractivity contribution < 1.29 is 13.9 Å². The summed E-state index contributed by atoms with van der Waals surface area (Å²) < 4.78 is 19.9.